The molecule has 120 valence electrons. The third-order valence-electron chi connectivity index (χ3n) is 3.50. The SMILES string of the molecule is N[C@@H](CCCCNC(=O)OC1/C=C/CCCCC1)C(=O)O. The minimum atomic E-state index is -0.988. The highest BCUT2D eigenvalue weighted by molar-refractivity contribution is 5.72. The van der Waals surface area contributed by atoms with E-state index < -0.39 is 18.1 Å². The van der Waals surface area contributed by atoms with Crippen LogP contribution in [0.25, 0.3) is 0 Å². The number of aliphatic carboxylic acids is 1. The quantitative estimate of drug-likeness (QED) is 0.494. The predicted octanol–water partition coefficient (Wildman–Crippen LogP) is 2.18. The van der Waals surface area contributed by atoms with Crippen molar-refractivity contribution >= 4 is 12.1 Å². The summed E-state index contributed by atoms with van der Waals surface area (Å²) in [6.07, 6.45) is 10.6. The molecule has 0 aliphatic heterocycles. The summed E-state index contributed by atoms with van der Waals surface area (Å²) >= 11 is 0. The van der Waals surface area contributed by atoms with Crippen LogP contribution in [0.5, 0.6) is 0 Å². The summed E-state index contributed by atoms with van der Waals surface area (Å²) in [5, 5.41) is 11.3. The number of rotatable bonds is 7. The van der Waals surface area contributed by atoms with Crippen molar-refractivity contribution in [2.45, 2.75) is 63.5 Å². The number of carboxylic acid groups (broad SMARTS) is 1. The standard InChI is InChI=1S/C15H26N2O4/c16-13(14(18)19)10-6-7-11-17-15(20)21-12-8-4-2-1-3-5-9-12/h4,8,12-13H,1-3,5-7,9-11,16H2,(H,17,20)(H,18,19)/b8-4+/t12?,13-/m0/s1. The fourth-order valence-corrected chi connectivity index (χ4v) is 2.21. The summed E-state index contributed by atoms with van der Waals surface area (Å²) in [5.74, 6) is -0.988. The van der Waals surface area contributed by atoms with Crippen LogP contribution < -0.4 is 11.1 Å². The van der Waals surface area contributed by atoms with Gasteiger partial charge in [-0.3, -0.25) is 4.79 Å². The Labute approximate surface area is 125 Å². The third kappa shape index (κ3) is 8.34. The van der Waals surface area contributed by atoms with Gasteiger partial charge in [0, 0.05) is 6.54 Å². The lowest BCUT2D eigenvalue weighted by molar-refractivity contribution is -0.138. The average molecular weight is 298 g/mol. The molecular weight excluding hydrogens is 272 g/mol. The number of nitrogens with two attached hydrogens (primary N) is 1. The average Bonchev–Trinajstić information content (AvgIpc) is 2.41. The molecule has 1 aliphatic rings. The van der Waals surface area contributed by atoms with Gasteiger partial charge in [-0.15, -0.1) is 0 Å². The Balaban J connectivity index is 2.10. The number of carbonyl (C=O) groups excluding carboxylic acids is 1. The van der Waals surface area contributed by atoms with Crippen LogP contribution in [0, 0.1) is 0 Å². The Hall–Kier alpha value is -1.56. The van der Waals surface area contributed by atoms with E-state index >= 15 is 0 Å². The molecule has 1 rings (SSSR count). The van der Waals surface area contributed by atoms with Gasteiger partial charge in [0.15, 0.2) is 0 Å². The maximum atomic E-state index is 11.6. The smallest absolute Gasteiger partial charge is 0.407 e. The number of allylic oxidation sites excluding steroid dienone is 1. The molecule has 0 saturated carbocycles. The second kappa shape index (κ2) is 10.2. The van der Waals surface area contributed by atoms with Gasteiger partial charge in [0.1, 0.15) is 12.1 Å². The van der Waals surface area contributed by atoms with Gasteiger partial charge in [-0.1, -0.05) is 12.5 Å². The van der Waals surface area contributed by atoms with Crippen LogP contribution in [-0.2, 0) is 9.53 Å². The number of carboxylic acids is 1. The first-order chi connectivity index (χ1) is 10.1. The minimum absolute atomic E-state index is 0.134. The third-order valence-corrected chi connectivity index (χ3v) is 3.50. The van der Waals surface area contributed by atoms with Gasteiger partial charge >= 0.3 is 12.1 Å². The van der Waals surface area contributed by atoms with Gasteiger partial charge < -0.3 is 20.9 Å². The van der Waals surface area contributed by atoms with E-state index in [0.717, 1.165) is 19.3 Å². The van der Waals surface area contributed by atoms with Gasteiger partial charge in [-0.2, -0.15) is 0 Å². The Morgan fingerprint density at radius 1 is 1.33 bits per heavy atom. The largest absolute Gasteiger partial charge is 0.480 e. The maximum Gasteiger partial charge on any atom is 0.407 e. The molecule has 0 bridgehead atoms. The number of carbonyl (C=O) groups is 2. The summed E-state index contributed by atoms with van der Waals surface area (Å²) in [6.45, 7) is 0.474. The Morgan fingerprint density at radius 3 is 2.90 bits per heavy atom. The molecule has 0 fully saturated rings. The lowest BCUT2D eigenvalue weighted by Crippen LogP contribution is -2.31. The van der Waals surface area contributed by atoms with Crippen LogP contribution >= 0.6 is 0 Å². The second-order valence-corrected chi connectivity index (χ2v) is 5.38. The van der Waals surface area contributed by atoms with Crippen LogP contribution in [0.3, 0.4) is 0 Å². The maximum absolute atomic E-state index is 11.6. The number of amides is 1. The van der Waals surface area contributed by atoms with Crippen molar-refractivity contribution < 1.29 is 19.4 Å². The summed E-state index contributed by atoms with van der Waals surface area (Å²) in [6, 6.07) is -0.822. The molecule has 1 amide bonds. The van der Waals surface area contributed by atoms with Gasteiger partial charge in [-0.25, -0.2) is 4.79 Å². The summed E-state index contributed by atoms with van der Waals surface area (Å²) in [4.78, 5) is 22.2. The van der Waals surface area contributed by atoms with E-state index in [2.05, 4.69) is 11.4 Å². The van der Waals surface area contributed by atoms with Crippen molar-refractivity contribution in [2.75, 3.05) is 6.54 Å². The van der Waals surface area contributed by atoms with E-state index in [4.69, 9.17) is 15.6 Å². The molecule has 0 radical (unpaired) electrons. The zero-order chi connectivity index (χ0) is 15.5. The number of ether oxygens (including phenoxy) is 1. The molecule has 0 saturated heterocycles. The minimum Gasteiger partial charge on any atom is -0.480 e. The van der Waals surface area contributed by atoms with E-state index in [1.165, 1.54) is 12.8 Å². The molecule has 2 atom stereocenters. The lowest BCUT2D eigenvalue weighted by atomic mass is 10.0. The molecule has 0 aromatic heterocycles. The molecule has 1 unspecified atom stereocenters. The van der Waals surface area contributed by atoms with E-state index in [1.807, 2.05) is 6.08 Å². The number of hydrogen-bond acceptors (Lipinski definition) is 4. The van der Waals surface area contributed by atoms with Crippen molar-refractivity contribution in [3.63, 3.8) is 0 Å². The molecule has 6 heteroatoms. The molecule has 0 spiro atoms. The van der Waals surface area contributed by atoms with Gasteiger partial charge in [0.25, 0.3) is 0 Å². The van der Waals surface area contributed by atoms with Crippen LogP contribution in [0.1, 0.15) is 51.4 Å². The van der Waals surface area contributed by atoms with Crippen LogP contribution in [0.15, 0.2) is 12.2 Å². The Bertz CT molecular complexity index is 358. The monoisotopic (exact) mass is 298 g/mol. The zero-order valence-corrected chi connectivity index (χ0v) is 12.4. The first kappa shape index (κ1) is 17.5. The predicted molar refractivity (Wildman–Crippen MR) is 80.0 cm³/mol. The summed E-state index contributed by atoms with van der Waals surface area (Å²) in [7, 11) is 0. The molecule has 6 nitrogen and oxygen atoms in total. The molecule has 21 heavy (non-hydrogen) atoms. The van der Waals surface area contributed by atoms with Crippen molar-refractivity contribution in [3.8, 4) is 0 Å². The van der Waals surface area contributed by atoms with Crippen molar-refractivity contribution in [1.82, 2.24) is 5.32 Å². The van der Waals surface area contributed by atoms with Gasteiger partial charge in [0.05, 0.1) is 0 Å². The van der Waals surface area contributed by atoms with Crippen LogP contribution in [0.4, 0.5) is 4.79 Å². The van der Waals surface area contributed by atoms with E-state index in [1.54, 1.807) is 0 Å². The van der Waals surface area contributed by atoms with Crippen LogP contribution in [0.2, 0.25) is 0 Å². The molecule has 1 aliphatic carbocycles. The second-order valence-electron chi connectivity index (χ2n) is 5.38. The molecule has 0 aromatic carbocycles. The molecule has 0 aromatic rings. The molecule has 4 N–H and O–H groups in total. The van der Waals surface area contributed by atoms with E-state index in [9.17, 15) is 9.59 Å². The van der Waals surface area contributed by atoms with Crippen molar-refractivity contribution in [1.29, 1.82) is 0 Å². The number of alkyl carbamates (subject to hydrolysis) is 1. The highest BCUT2D eigenvalue weighted by atomic mass is 16.6. The Morgan fingerprint density at radius 2 is 2.14 bits per heavy atom. The van der Waals surface area contributed by atoms with Crippen molar-refractivity contribution in [2.24, 2.45) is 5.73 Å². The first-order valence-electron chi connectivity index (χ1n) is 7.69. The highest BCUT2D eigenvalue weighted by Crippen LogP contribution is 2.14. The topological polar surface area (TPSA) is 102 Å². The summed E-state index contributed by atoms with van der Waals surface area (Å²) in [5.41, 5.74) is 5.39. The van der Waals surface area contributed by atoms with Gasteiger partial charge in [0.2, 0.25) is 0 Å². The summed E-state index contributed by atoms with van der Waals surface area (Å²) < 4.78 is 5.34. The van der Waals surface area contributed by atoms with Crippen molar-refractivity contribution in [3.05, 3.63) is 12.2 Å². The normalized spacial score (nSPS) is 21.7. The fraction of sp³-hybridized carbons (Fsp3) is 0.733. The number of nitrogens with one attached hydrogen (secondary N) is 1. The van der Waals surface area contributed by atoms with Gasteiger partial charge in [-0.05, 0) is 51.0 Å². The Kier molecular flexibility index (Phi) is 8.50. The first-order valence-corrected chi connectivity index (χ1v) is 7.69. The van der Waals surface area contributed by atoms with E-state index in [0.29, 0.717) is 25.8 Å². The fourth-order valence-electron chi connectivity index (χ4n) is 2.21. The van der Waals surface area contributed by atoms with Crippen LogP contribution in [-0.4, -0.2) is 35.9 Å². The number of unbranched alkanes of at least 4 members (excludes halogenated alkanes) is 1. The lowest BCUT2D eigenvalue weighted by Gasteiger charge is -2.16. The molecular formula is C15H26N2O4. The number of hydrogen-bond donors (Lipinski definition) is 3. The molecule has 0 heterocycles. The highest BCUT2D eigenvalue weighted by Gasteiger charge is 2.13. The zero-order valence-electron chi connectivity index (χ0n) is 12.4. The van der Waals surface area contributed by atoms with E-state index in [-0.39, 0.29) is 6.10 Å².